The summed E-state index contributed by atoms with van der Waals surface area (Å²) in [6, 6.07) is 0.474. The molecule has 0 fully saturated rings. The number of benzene rings is 1. The molecule has 3 amide bonds. The zero-order valence-corrected chi connectivity index (χ0v) is 9.15. The molecule has 0 spiro atoms. The number of hydrogen-bond acceptors (Lipinski definition) is 3. The smallest absolute Gasteiger partial charge is 0.318 e. The van der Waals surface area contributed by atoms with Crippen molar-refractivity contribution < 1.29 is 18.4 Å². The lowest BCUT2D eigenvalue weighted by atomic mass is 10.3. The highest BCUT2D eigenvalue weighted by atomic mass is 35.5. The van der Waals surface area contributed by atoms with Gasteiger partial charge in [-0.05, 0) is 6.07 Å². The maximum absolute atomic E-state index is 13.2. The molecule has 17 heavy (non-hydrogen) atoms. The van der Waals surface area contributed by atoms with Crippen molar-refractivity contribution in [3.05, 3.63) is 28.8 Å². The molecule has 0 aliphatic carbocycles. The lowest BCUT2D eigenvalue weighted by molar-refractivity contribution is -0.118. The quantitative estimate of drug-likeness (QED) is 0.767. The van der Waals surface area contributed by atoms with Crippen molar-refractivity contribution in [3.8, 4) is 0 Å². The molecule has 0 saturated heterocycles. The Bertz CT molecular complexity index is 445. The third-order valence-corrected chi connectivity index (χ3v) is 1.99. The summed E-state index contributed by atoms with van der Waals surface area (Å²) in [5.41, 5.74) is 4.46. The fourth-order valence-electron chi connectivity index (χ4n) is 1.06. The molecule has 0 saturated carbocycles. The molecule has 0 atom stereocenters. The number of urea groups is 1. The van der Waals surface area contributed by atoms with Crippen LogP contribution in [-0.2, 0) is 4.79 Å². The minimum Gasteiger partial charge on any atom is -0.373 e. The SMILES string of the molecule is NC(=O)NC(=O)CNc1c(F)cc(F)cc1Cl. The molecule has 5 nitrogen and oxygen atoms in total. The molecule has 8 heteroatoms. The van der Waals surface area contributed by atoms with Gasteiger partial charge in [0.15, 0.2) is 5.82 Å². The monoisotopic (exact) mass is 263 g/mol. The summed E-state index contributed by atoms with van der Waals surface area (Å²) >= 11 is 5.56. The van der Waals surface area contributed by atoms with E-state index in [1.807, 2.05) is 0 Å². The molecule has 1 aromatic carbocycles. The lowest BCUT2D eigenvalue weighted by Gasteiger charge is -2.08. The molecule has 1 aromatic rings. The second-order valence-corrected chi connectivity index (χ2v) is 3.42. The van der Waals surface area contributed by atoms with Gasteiger partial charge >= 0.3 is 6.03 Å². The maximum atomic E-state index is 13.2. The Morgan fingerprint density at radius 3 is 2.53 bits per heavy atom. The fourth-order valence-corrected chi connectivity index (χ4v) is 1.32. The number of amides is 3. The van der Waals surface area contributed by atoms with Gasteiger partial charge in [-0.2, -0.15) is 0 Å². The van der Waals surface area contributed by atoms with Crippen molar-refractivity contribution in [1.29, 1.82) is 0 Å². The van der Waals surface area contributed by atoms with Crippen LogP contribution in [-0.4, -0.2) is 18.5 Å². The number of anilines is 1. The van der Waals surface area contributed by atoms with Gasteiger partial charge in [0, 0.05) is 6.07 Å². The van der Waals surface area contributed by atoms with Crippen LogP contribution in [0.2, 0.25) is 5.02 Å². The van der Waals surface area contributed by atoms with Crippen molar-refractivity contribution in [2.75, 3.05) is 11.9 Å². The van der Waals surface area contributed by atoms with Crippen LogP contribution in [0.1, 0.15) is 0 Å². The largest absolute Gasteiger partial charge is 0.373 e. The first kappa shape index (κ1) is 13.2. The number of hydrogen-bond donors (Lipinski definition) is 3. The number of carbonyl (C=O) groups excluding carboxylic acids is 2. The Labute approximate surface area is 99.9 Å². The van der Waals surface area contributed by atoms with Crippen LogP contribution in [0.25, 0.3) is 0 Å². The van der Waals surface area contributed by atoms with E-state index in [2.05, 4.69) is 5.32 Å². The molecule has 0 bridgehead atoms. The van der Waals surface area contributed by atoms with E-state index in [0.29, 0.717) is 6.07 Å². The van der Waals surface area contributed by atoms with E-state index in [4.69, 9.17) is 17.3 Å². The lowest BCUT2D eigenvalue weighted by Crippen LogP contribution is -2.38. The Hall–Kier alpha value is -1.89. The first-order valence-electron chi connectivity index (χ1n) is 4.38. The van der Waals surface area contributed by atoms with E-state index in [1.165, 1.54) is 0 Å². The van der Waals surface area contributed by atoms with Gasteiger partial charge in [-0.25, -0.2) is 13.6 Å². The number of primary amides is 1. The van der Waals surface area contributed by atoms with Crippen LogP contribution in [0.3, 0.4) is 0 Å². The molecular weight excluding hydrogens is 256 g/mol. The van der Waals surface area contributed by atoms with Gasteiger partial charge in [0.2, 0.25) is 5.91 Å². The predicted octanol–water partition coefficient (Wildman–Crippen LogP) is 1.22. The van der Waals surface area contributed by atoms with Gasteiger partial charge in [0.25, 0.3) is 0 Å². The summed E-state index contributed by atoms with van der Waals surface area (Å²) in [6.45, 7) is -0.425. The molecule has 0 aromatic heterocycles. The molecule has 4 N–H and O–H groups in total. The molecule has 0 aliphatic rings. The maximum Gasteiger partial charge on any atom is 0.318 e. The van der Waals surface area contributed by atoms with Crippen LogP contribution in [0.5, 0.6) is 0 Å². The molecular formula is C9H8ClF2N3O2. The Morgan fingerprint density at radius 1 is 1.35 bits per heavy atom. The third kappa shape index (κ3) is 3.87. The summed E-state index contributed by atoms with van der Waals surface area (Å²) in [7, 11) is 0. The van der Waals surface area contributed by atoms with E-state index in [-0.39, 0.29) is 10.7 Å². The number of carbonyl (C=O) groups is 2. The first-order valence-corrected chi connectivity index (χ1v) is 4.75. The third-order valence-electron chi connectivity index (χ3n) is 1.70. The van der Waals surface area contributed by atoms with E-state index in [9.17, 15) is 18.4 Å². The Morgan fingerprint density at radius 2 is 2.00 bits per heavy atom. The molecule has 92 valence electrons. The minimum atomic E-state index is -1.03. The van der Waals surface area contributed by atoms with Gasteiger partial charge in [0.1, 0.15) is 5.82 Å². The van der Waals surface area contributed by atoms with Crippen LogP contribution < -0.4 is 16.4 Å². The van der Waals surface area contributed by atoms with Crippen LogP contribution >= 0.6 is 11.6 Å². The van der Waals surface area contributed by atoms with E-state index in [0.717, 1.165) is 6.07 Å². The van der Waals surface area contributed by atoms with Crippen molar-refractivity contribution in [1.82, 2.24) is 5.32 Å². The van der Waals surface area contributed by atoms with Crippen molar-refractivity contribution in [2.24, 2.45) is 5.73 Å². The van der Waals surface area contributed by atoms with E-state index in [1.54, 1.807) is 5.32 Å². The minimum absolute atomic E-state index is 0.214. The Kier molecular flexibility index (Phi) is 4.22. The topological polar surface area (TPSA) is 84.2 Å². The highest BCUT2D eigenvalue weighted by Crippen LogP contribution is 2.25. The van der Waals surface area contributed by atoms with Gasteiger partial charge in [-0.1, -0.05) is 11.6 Å². The standard InChI is InChI=1S/C9H8ClF2N3O2/c10-5-1-4(11)2-6(12)8(5)14-3-7(16)15-9(13)17/h1-2,14H,3H2,(H3,13,15,16,17). The van der Waals surface area contributed by atoms with Gasteiger partial charge < -0.3 is 11.1 Å². The number of halogens is 3. The average molecular weight is 264 g/mol. The highest BCUT2D eigenvalue weighted by molar-refractivity contribution is 6.33. The van der Waals surface area contributed by atoms with E-state index < -0.39 is 30.1 Å². The first-order chi connectivity index (χ1) is 7.90. The summed E-state index contributed by atoms with van der Waals surface area (Å²) < 4.78 is 25.9. The van der Waals surface area contributed by atoms with Gasteiger partial charge in [0.05, 0.1) is 17.3 Å². The second kappa shape index (κ2) is 5.44. The van der Waals surface area contributed by atoms with Crippen molar-refractivity contribution in [2.45, 2.75) is 0 Å². The molecule has 0 aliphatic heterocycles. The zero-order valence-electron chi connectivity index (χ0n) is 8.39. The van der Waals surface area contributed by atoms with Crippen LogP contribution in [0.4, 0.5) is 19.3 Å². The van der Waals surface area contributed by atoms with Crippen LogP contribution in [0.15, 0.2) is 12.1 Å². The van der Waals surface area contributed by atoms with E-state index >= 15 is 0 Å². The highest BCUT2D eigenvalue weighted by Gasteiger charge is 2.11. The normalized spacial score (nSPS) is 9.82. The molecule has 0 unspecified atom stereocenters. The zero-order chi connectivity index (χ0) is 13.0. The summed E-state index contributed by atoms with van der Waals surface area (Å²) in [5.74, 6) is -2.54. The number of rotatable bonds is 3. The Balaban J connectivity index is 2.70. The van der Waals surface area contributed by atoms with Crippen molar-refractivity contribution >= 4 is 29.2 Å². The molecule has 1 rings (SSSR count). The molecule has 0 heterocycles. The summed E-state index contributed by atoms with van der Waals surface area (Å²) in [6.07, 6.45) is 0. The van der Waals surface area contributed by atoms with Crippen LogP contribution in [0, 0.1) is 11.6 Å². The number of nitrogens with two attached hydrogens (primary N) is 1. The summed E-state index contributed by atoms with van der Waals surface area (Å²) in [5, 5.41) is 3.87. The van der Waals surface area contributed by atoms with Gasteiger partial charge in [-0.3, -0.25) is 10.1 Å². The fraction of sp³-hybridized carbons (Fsp3) is 0.111. The second-order valence-electron chi connectivity index (χ2n) is 3.01. The number of nitrogens with one attached hydrogen (secondary N) is 2. The predicted molar refractivity (Wildman–Crippen MR) is 57.6 cm³/mol. The molecule has 0 radical (unpaired) electrons. The average Bonchev–Trinajstić information content (AvgIpc) is 2.14. The van der Waals surface area contributed by atoms with Gasteiger partial charge in [-0.15, -0.1) is 0 Å². The number of imide groups is 1. The van der Waals surface area contributed by atoms with Crippen molar-refractivity contribution in [3.63, 3.8) is 0 Å². The summed E-state index contributed by atoms with van der Waals surface area (Å²) in [4.78, 5) is 21.3.